The number of aromatic nitrogens is 2. The minimum absolute atomic E-state index is 0.709. The molecule has 1 aromatic carbocycles. The fourth-order valence-corrected chi connectivity index (χ4v) is 1.95. The summed E-state index contributed by atoms with van der Waals surface area (Å²) in [5, 5.41) is 1.44. The van der Waals surface area contributed by atoms with Crippen LogP contribution >= 0.6 is 23.4 Å². The van der Waals surface area contributed by atoms with Gasteiger partial charge in [0.2, 0.25) is 0 Å². The van der Waals surface area contributed by atoms with Crippen molar-refractivity contribution in [3.63, 3.8) is 0 Å². The van der Waals surface area contributed by atoms with E-state index in [1.165, 1.54) is 11.8 Å². The summed E-state index contributed by atoms with van der Waals surface area (Å²) in [7, 11) is 0. The quantitative estimate of drug-likeness (QED) is 0.730. The standard InChI is InChI=1S/C10H7ClN2S/c11-8-4-1-2-5-9(8)14-10-12-6-3-7-13-10/h1-7H. The predicted octanol–water partition coefficient (Wildman–Crippen LogP) is 3.28. The third-order valence-corrected chi connectivity index (χ3v) is 2.99. The summed E-state index contributed by atoms with van der Waals surface area (Å²) in [4.78, 5) is 9.19. The largest absolute Gasteiger partial charge is 0.231 e. The van der Waals surface area contributed by atoms with Crippen LogP contribution in [0.4, 0.5) is 0 Å². The molecule has 0 N–H and O–H groups in total. The summed E-state index contributed by atoms with van der Waals surface area (Å²) in [6.45, 7) is 0. The Morgan fingerprint density at radius 2 is 1.71 bits per heavy atom. The zero-order chi connectivity index (χ0) is 9.80. The summed E-state index contributed by atoms with van der Waals surface area (Å²) in [6.07, 6.45) is 3.43. The summed E-state index contributed by atoms with van der Waals surface area (Å²) in [5.41, 5.74) is 0. The van der Waals surface area contributed by atoms with Crippen LogP contribution in [0.3, 0.4) is 0 Å². The molecule has 0 atom stereocenters. The molecule has 0 aliphatic carbocycles. The molecule has 4 heteroatoms. The van der Waals surface area contributed by atoms with Gasteiger partial charge in [0.15, 0.2) is 5.16 Å². The van der Waals surface area contributed by atoms with E-state index in [0.717, 1.165) is 9.92 Å². The number of hydrogen-bond donors (Lipinski definition) is 0. The van der Waals surface area contributed by atoms with Gasteiger partial charge in [-0.3, -0.25) is 0 Å². The van der Waals surface area contributed by atoms with Crippen molar-refractivity contribution in [1.29, 1.82) is 0 Å². The summed E-state index contributed by atoms with van der Waals surface area (Å²) in [5.74, 6) is 0. The lowest BCUT2D eigenvalue weighted by molar-refractivity contribution is 0.967. The minimum Gasteiger partial charge on any atom is -0.231 e. The van der Waals surface area contributed by atoms with Crippen molar-refractivity contribution in [2.75, 3.05) is 0 Å². The van der Waals surface area contributed by atoms with E-state index < -0.39 is 0 Å². The van der Waals surface area contributed by atoms with Gasteiger partial charge >= 0.3 is 0 Å². The third-order valence-electron chi connectivity index (χ3n) is 1.58. The molecule has 0 unspecified atom stereocenters. The molecule has 0 spiro atoms. The maximum Gasteiger partial charge on any atom is 0.192 e. The Kier molecular flexibility index (Phi) is 3.01. The van der Waals surface area contributed by atoms with Crippen LogP contribution in [-0.4, -0.2) is 9.97 Å². The molecule has 1 aromatic heterocycles. The number of hydrogen-bond acceptors (Lipinski definition) is 3. The van der Waals surface area contributed by atoms with Crippen molar-refractivity contribution < 1.29 is 0 Å². The maximum absolute atomic E-state index is 6.00. The van der Waals surface area contributed by atoms with E-state index in [2.05, 4.69) is 9.97 Å². The lowest BCUT2D eigenvalue weighted by atomic mass is 10.4. The fourth-order valence-electron chi connectivity index (χ4n) is 0.964. The highest BCUT2D eigenvalue weighted by molar-refractivity contribution is 7.99. The third kappa shape index (κ3) is 2.25. The highest BCUT2D eigenvalue weighted by Crippen LogP contribution is 2.30. The van der Waals surface area contributed by atoms with Crippen molar-refractivity contribution in [1.82, 2.24) is 9.97 Å². The highest BCUT2D eigenvalue weighted by atomic mass is 35.5. The van der Waals surface area contributed by atoms with Gasteiger partial charge in [0.1, 0.15) is 0 Å². The molecule has 0 radical (unpaired) electrons. The molecule has 2 rings (SSSR count). The average molecular weight is 223 g/mol. The van der Waals surface area contributed by atoms with Crippen LogP contribution in [-0.2, 0) is 0 Å². The van der Waals surface area contributed by atoms with Gasteiger partial charge in [-0.25, -0.2) is 9.97 Å². The van der Waals surface area contributed by atoms with E-state index in [-0.39, 0.29) is 0 Å². The van der Waals surface area contributed by atoms with Crippen LogP contribution in [0.5, 0.6) is 0 Å². The maximum atomic E-state index is 6.00. The van der Waals surface area contributed by atoms with E-state index in [4.69, 9.17) is 11.6 Å². The first-order valence-electron chi connectivity index (χ1n) is 4.05. The topological polar surface area (TPSA) is 25.8 Å². The molecule has 0 aliphatic rings. The Balaban J connectivity index is 2.24. The molecule has 0 fully saturated rings. The first-order valence-corrected chi connectivity index (χ1v) is 5.25. The second-order valence-corrected chi connectivity index (χ2v) is 3.98. The summed E-state index contributed by atoms with van der Waals surface area (Å²) < 4.78 is 0. The van der Waals surface area contributed by atoms with Crippen molar-refractivity contribution in [3.8, 4) is 0 Å². The zero-order valence-electron chi connectivity index (χ0n) is 7.22. The molecule has 0 amide bonds. The Hall–Kier alpha value is -1.06. The molecule has 1 heterocycles. The second kappa shape index (κ2) is 4.44. The SMILES string of the molecule is Clc1ccccc1Sc1ncccn1. The second-order valence-electron chi connectivity index (χ2n) is 2.56. The van der Waals surface area contributed by atoms with E-state index >= 15 is 0 Å². The van der Waals surface area contributed by atoms with Gasteiger partial charge in [-0.1, -0.05) is 23.7 Å². The molecule has 0 saturated heterocycles. The van der Waals surface area contributed by atoms with Crippen LogP contribution < -0.4 is 0 Å². The van der Waals surface area contributed by atoms with Crippen molar-refractivity contribution in [2.24, 2.45) is 0 Å². The van der Waals surface area contributed by atoms with Crippen LogP contribution in [0.25, 0.3) is 0 Å². The van der Waals surface area contributed by atoms with Crippen LogP contribution in [0.15, 0.2) is 52.8 Å². The lowest BCUT2D eigenvalue weighted by Gasteiger charge is -2.00. The summed E-state index contributed by atoms with van der Waals surface area (Å²) in [6, 6.07) is 9.43. The average Bonchev–Trinajstić information content (AvgIpc) is 2.23. The van der Waals surface area contributed by atoms with Gasteiger partial charge in [0.05, 0.1) is 5.02 Å². The van der Waals surface area contributed by atoms with Gasteiger partial charge in [0, 0.05) is 17.3 Å². The molecule has 2 nitrogen and oxygen atoms in total. The number of benzene rings is 1. The van der Waals surface area contributed by atoms with Gasteiger partial charge in [0.25, 0.3) is 0 Å². The Morgan fingerprint density at radius 3 is 2.43 bits per heavy atom. The molecular weight excluding hydrogens is 216 g/mol. The highest BCUT2D eigenvalue weighted by Gasteiger charge is 2.02. The smallest absolute Gasteiger partial charge is 0.192 e. The lowest BCUT2D eigenvalue weighted by Crippen LogP contribution is -1.83. The van der Waals surface area contributed by atoms with E-state index in [1.54, 1.807) is 18.5 Å². The first-order chi connectivity index (χ1) is 6.86. The van der Waals surface area contributed by atoms with Crippen molar-refractivity contribution in [2.45, 2.75) is 10.1 Å². The van der Waals surface area contributed by atoms with E-state index in [1.807, 2.05) is 24.3 Å². The number of rotatable bonds is 2. The Morgan fingerprint density at radius 1 is 1.00 bits per heavy atom. The Labute approximate surface area is 91.4 Å². The van der Waals surface area contributed by atoms with Gasteiger partial charge in [-0.2, -0.15) is 0 Å². The fraction of sp³-hybridized carbons (Fsp3) is 0. The first kappa shape index (κ1) is 9.49. The molecule has 2 aromatic rings. The molecule has 0 bridgehead atoms. The van der Waals surface area contributed by atoms with Gasteiger partial charge in [-0.15, -0.1) is 0 Å². The normalized spacial score (nSPS) is 10.1. The van der Waals surface area contributed by atoms with Gasteiger partial charge < -0.3 is 0 Å². The van der Waals surface area contributed by atoms with E-state index in [0.29, 0.717) is 5.16 Å². The number of halogens is 1. The molecule has 0 aliphatic heterocycles. The van der Waals surface area contributed by atoms with E-state index in [9.17, 15) is 0 Å². The van der Waals surface area contributed by atoms with Gasteiger partial charge in [-0.05, 0) is 30.0 Å². The zero-order valence-corrected chi connectivity index (χ0v) is 8.79. The van der Waals surface area contributed by atoms with Crippen LogP contribution in [0.1, 0.15) is 0 Å². The van der Waals surface area contributed by atoms with Crippen LogP contribution in [0, 0.1) is 0 Å². The van der Waals surface area contributed by atoms with Crippen LogP contribution in [0.2, 0.25) is 5.02 Å². The number of nitrogens with zero attached hydrogens (tertiary/aromatic N) is 2. The molecule has 70 valence electrons. The monoisotopic (exact) mass is 222 g/mol. The predicted molar refractivity (Wildman–Crippen MR) is 57.6 cm³/mol. The Bertz CT molecular complexity index is 419. The summed E-state index contributed by atoms with van der Waals surface area (Å²) >= 11 is 7.46. The van der Waals surface area contributed by atoms with Crippen molar-refractivity contribution in [3.05, 3.63) is 47.7 Å². The molecular formula is C10H7ClN2S. The van der Waals surface area contributed by atoms with Crippen molar-refractivity contribution >= 4 is 23.4 Å². The molecule has 0 saturated carbocycles. The minimum atomic E-state index is 0.709. The molecule has 14 heavy (non-hydrogen) atoms.